The number of hydrogen-bond donors (Lipinski definition) is 2. The number of ether oxygens (including phenoxy) is 1. The fraction of sp³-hybridized carbons (Fsp3) is 1.00. The zero-order valence-corrected chi connectivity index (χ0v) is 10.2. The van der Waals surface area contributed by atoms with E-state index in [1.165, 1.54) is 0 Å². The van der Waals surface area contributed by atoms with Crippen LogP contribution < -0.4 is 5.32 Å². The fourth-order valence-corrected chi connectivity index (χ4v) is 4.16. The number of rotatable bonds is 3. The van der Waals surface area contributed by atoms with E-state index in [2.05, 4.69) is 5.32 Å². The fourth-order valence-electron chi connectivity index (χ4n) is 2.41. The SMILES string of the molecule is CC(NC1CS(=O)(=O)CC1O)C1CCOC1. The normalized spacial score (nSPS) is 40.0. The van der Waals surface area contributed by atoms with Crippen molar-refractivity contribution in [3.8, 4) is 0 Å². The van der Waals surface area contributed by atoms with Gasteiger partial charge in [0.25, 0.3) is 0 Å². The standard InChI is InChI=1S/C10H19NO4S/c1-7(8-2-3-15-4-8)11-9-5-16(13,14)6-10(9)12/h7-12H,2-6H2,1H3. The molecule has 0 amide bonds. The van der Waals surface area contributed by atoms with Crippen LogP contribution in [-0.4, -0.2) is 56.4 Å². The van der Waals surface area contributed by atoms with Crippen molar-refractivity contribution in [3.05, 3.63) is 0 Å². The summed E-state index contributed by atoms with van der Waals surface area (Å²) in [6.45, 7) is 3.53. The van der Waals surface area contributed by atoms with Crippen molar-refractivity contribution in [1.82, 2.24) is 5.32 Å². The first-order valence-corrected chi connectivity index (χ1v) is 7.52. The van der Waals surface area contributed by atoms with Crippen molar-refractivity contribution >= 4 is 9.84 Å². The molecule has 0 aliphatic carbocycles. The second kappa shape index (κ2) is 4.60. The number of hydrogen-bond acceptors (Lipinski definition) is 5. The van der Waals surface area contributed by atoms with Crippen molar-refractivity contribution < 1.29 is 18.3 Å². The summed E-state index contributed by atoms with van der Waals surface area (Å²) in [7, 11) is -3.06. The minimum absolute atomic E-state index is 0.0477. The van der Waals surface area contributed by atoms with Crippen LogP contribution in [0.2, 0.25) is 0 Å². The van der Waals surface area contributed by atoms with Crippen LogP contribution in [0.15, 0.2) is 0 Å². The lowest BCUT2D eigenvalue weighted by Gasteiger charge is -2.24. The van der Waals surface area contributed by atoms with Crippen LogP contribution in [0.25, 0.3) is 0 Å². The Morgan fingerprint density at radius 1 is 1.44 bits per heavy atom. The van der Waals surface area contributed by atoms with Gasteiger partial charge in [-0.15, -0.1) is 0 Å². The van der Waals surface area contributed by atoms with Gasteiger partial charge in [-0.1, -0.05) is 0 Å². The van der Waals surface area contributed by atoms with E-state index < -0.39 is 15.9 Å². The van der Waals surface area contributed by atoms with Gasteiger partial charge in [0.1, 0.15) is 0 Å². The molecule has 0 spiro atoms. The first-order valence-electron chi connectivity index (χ1n) is 5.70. The highest BCUT2D eigenvalue weighted by molar-refractivity contribution is 7.91. The number of aliphatic hydroxyl groups is 1. The van der Waals surface area contributed by atoms with Gasteiger partial charge >= 0.3 is 0 Å². The minimum Gasteiger partial charge on any atom is -0.390 e. The van der Waals surface area contributed by atoms with Gasteiger partial charge in [0.05, 0.1) is 24.2 Å². The van der Waals surface area contributed by atoms with Crippen LogP contribution in [0.1, 0.15) is 13.3 Å². The Kier molecular flexibility index (Phi) is 3.53. The molecule has 16 heavy (non-hydrogen) atoms. The highest BCUT2D eigenvalue weighted by atomic mass is 32.2. The molecule has 2 fully saturated rings. The first-order chi connectivity index (χ1) is 7.48. The lowest BCUT2D eigenvalue weighted by molar-refractivity contribution is 0.145. The first kappa shape index (κ1) is 12.3. The third-order valence-corrected chi connectivity index (χ3v) is 5.19. The molecule has 0 aromatic heterocycles. The molecule has 0 radical (unpaired) electrons. The van der Waals surface area contributed by atoms with Gasteiger partial charge in [0.15, 0.2) is 9.84 Å². The Morgan fingerprint density at radius 2 is 2.19 bits per heavy atom. The lowest BCUT2D eigenvalue weighted by Crippen LogP contribution is -2.46. The second-order valence-corrected chi connectivity index (χ2v) is 6.98. The monoisotopic (exact) mass is 249 g/mol. The molecule has 2 heterocycles. The molecular weight excluding hydrogens is 230 g/mol. The Bertz CT molecular complexity index is 337. The van der Waals surface area contributed by atoms with Gasteiger partial charge in [0, 0.05) is 18.7 Å². The predicted molar refractivity (Wildman–Crippen MR) is 60.0 cm³/mol. The van der Waals surface area contributed by atoms with E-state index in [1.54, 1.807) is 0 Å². The Morgan fingerprint density at radius 3 is 2.69 bits per heavy atom. The lowest BCUT2D eigenvalue weighted by atomic mass is 9.99. The molecule has 0 bridgehead atoms. The van der Waals surface area contributed by atoms with Gasteiger partial charge in [-0.05, 0) is 19.3 Å². The predicted octanol–water partition coefficient (Wildman–Crippen LogP) is -0.841. The molecule has 6 heteroatoms. The molecule has 94 valence electrons. The number of aliphatic hydroxyl groups excluding tert-OH is 1. The quantitative estimate of drug-likeness (QED) is 0.682. The van der Waals surface area contributed by atoms with Gasteiger partial charge in [-0.3, -0.25) is 0 Å². The third kappa shape index (κ3) is 2.74. The van der Waals surface area contributed by atoms with Crippen LogP contribution in [-0.2, 0) is 14.6 Å². The molecule has 2 N–H and O–H groups in total. The summed E-state index contributed by atoms with van der Waals surface area (Å²) in [5, 5.41) is 12.9. The summed E-state index contributed by atoms with van der Waals surface area (Å²) in [6, 6.07) is -0.129. The molecule has 5 nitrogen and oxygen atoms in total. The molecule has 4 atom stereocenters. The van der Waals surface area contributed by atoms with Gasteiger partial charge < -0.3 is 15.2 Å². The van der Waals surface area contributed by atoms with Crippen LogP contribution in [0.4, 0.5) is 0 Å². The van der Waals surface area contributed by atoms with E-state index in [9.17, 15) is 13.5 Å². The van der Waals surface area contributed by atoms with Gasteiger partial charge in [-0.25, -0.2) is 8.42 Å². The summed E-state index contributed by atoms with van der Waals surface area (Å²) >= 11 is 0. The zero-order valence-electron chi connectivity index (χ0n) is 9.43. The second-order valence-electron chi connectivity index (χ2n) is 4.83. The van der Waals surface area contributed by atoms with Crippen LogP contribution in [0, 0.1) is 5.92 Å². The molecule has 2 rings (SSSR count). The summed E-state index contributed by atoms with van der Waals surface area (Å²) < 4.78 is 27.9. The Balaban J connectivity index is 1.89. The minimum atomic E-state index is -3.06. The molecule has 0 aromatic carbocycles. The number of nitrogens with one attached hydrogen (secondary N) is 1. The van der Waals surface area contributed by atoms with Crippen molar-refractivity contribution in [2.45, 2.75) is 31.5 Å². The van der Waals surface area contributed by atoms with Crippen LogP contribution >= 0.6 is 0 Å². The van der Waals surface area contributed by atoms with Gasteiger partial charge in [-0.2, -0.15) is 0 Å². The molecular formula is C10H19NO4S. The third-order valence-electron chi connectivity index (χ3n) is 3.47. The average molecular weight is 249 g/mol. The smallest absolute Gasteiger partial charge is 0.154 e. The molecule has 4 unspecified atom stereocenters. The highest BCUT2D eigenvalue weighted by Gasteiger charge is 2.38. The molecule has 2 aliphatic heterocycles. The Labute approximate surface area is 96.1 Å². The maximum Gasteiger partial charge on any atom is 0.154 e. The maximum absolute atomic E-state index is 11.3. The Hall–Kier alpha value is -0.170. The molecule has 2 saturated heterocycles. The van der Waals surface area contributed by atoms with Crippen LogP contribution in [0.5, 0.6) is 0 Å². The van der Waals surface area contributed by atoms with Crippen molar-refractivity contribution in [2.24, 2.45) is 5.92 Å². The van der Waals surface area contributed by atoms with E-state index >= 15 is 0 Å². The van der Waals surface area contributed by atoms with E-state index in [-0.39, 0.29) is 23.6 Å². The number of sulfone groups is 1. The maximum atomic E-state index is 11.3. The zero-order chi connectivity index (χ0) is 11.8. The van der Waals surface area contributed by atoms with Gasteiger partial charge in [0.2, 0.25) is 0 Å². The van der Waals surface area contributed by atoms with Crippen molar-refractivity contribution in [2.75, 3.05) is 24.7 Å². The summed E-state index contributed by atoms with van der Waals surface area (Å²) in [5.74, 6) is 0.362. The van der Waals surface area contributed by atoms with E-state index in [4.69, 9.17) is 4.74 Å². The van der Waals surface area contributed by atoms with Crippen LogP contribution in [0.3, 0.4) is 0 Å². The van der Waals surface area contributed by atoms with E-state index in [1.807, 2.05) is 6.92 Å². The molecule has 0 saturated carbocycles. The van der Waals surface area contributed by atoms with Crippen molar-refractivity contribution in [1.29, 1.82) is 0 Å². The summed E-state index contributed by atoms with van der Waals surface area (Å²) in [4.78, 5) is 0. The summed E-state index contributed by atoms with van der Waals surface area (Å²) in [6.07, 6.45) is 0.235. The average Bonchev–Trinajstić information content (AvgIpc) is 2.74. The largest absolute Gasteiger partial charge is 0.390 e. The molecule has 2 aliphatic rings. The van der Waals surface area contributed by atoms with E-state index in [0.29, 0.717) is 5.92 Å². The summed E-state index contributed by atoms with van der Waals surface area (Å²) in [5.41, 5.74) is 0. The van der Waals surface area contributed by atoms with Crippen molar-refractivity contribution in [3.63, 3.8) is 0 Å². The highest BCUT2D eigenvalue weighted by Crippen LogP contribution is 2.19. The molecule has 0 aromatic rings. The topological polar surface area (TPSA) is 75.6 Å². The van der Waals surface area contributed by atoms with E-state index in [0.717, 1.165) is 19.6 Å².